The Labute approximate surface area is 86.5 Å². The van der Waals surface area contributed by atoms with E-state index in [0.29, 0.717) is 6.04 Å². The number of hydrogen-bond donors (Lipinski definition) is 2. The lowest BCUT2D eigenvalue weighted by molar-refractivity contribution is 0.0932. The third kappa shape index (κ3) is 2.69. The second kappa shape index (κ2) is 4.17. The summed E-state index contributed by atoms with van der Waals surface area (Å²) in [6, 6.07) is 0.689. The number of nitrogens with zero attached hydrogens (tertiary/aromatic N) is 1. The Morgan fingerprint density at radius 1 is 1.36 bits per heavy atom. The maximum absolute atomic E-state index is 9.84. The van der Waals surface area contributed by atoms with Crippen LogP contribution in [0.4, 0.5) is 0 Å². The van der Waals surface area contributed by atoms with Gasteiger partial charge in [0.25, 0.3) is 0 Å². The van der Waals surface area contributed by atoms with Crippen molar-refractivity contribution in [3.8, 4) is 0 Å². The molecule has 1 atom stereocenters. The fourth-order valence-electron chi connectivity index (χ4n) is 2.32. The van der Waals surface area contributed by atoms with Crippen molar-refractivity contribution < 1.29 is 5.11 Å². The van der Waals surface area contributed by atoms with Crippen LogP contribution in [0, 0.1) is 0 Å². The van der Waals surface area contributed by atoms with Crippen LogP contribution in [0.5, 0.6) is 0 Å². The van der Waals surface area contributed by atoms with Crippen LogP contribution in [0.1, 0.15) is 32.1 Å². The average molecular weight is 198 g/mol. The molecule has 2 fully saturated rings. The van der Waals surface area contributed by atoms with Crippen molar-refractivity contribution in [1.82, 2.24) is 10.2 Å². The zero-order chi connectivity index (χ0) is 10.0. The summed E-state index contributed by atoms with van der Waals surface area (Å²) in [6.45, 7) is 3.22. The van der Waals surface area contributed by atoms with Crippen LogP contribution < -0.4 is 5.32 Å². The molecule has 1 saturated heterocycles. The quantitative estimate of drug-likeness (QED) is 0.696. The molecule has 1 aliphatic carbocycles. The molecule has 0 aromatic rings. The molecule has 1 saturated carbocycles. The molecule has 0 aromatic carbocycles. The Balaban J connectivity index is 1.77. The van der Waals surface area contributed by atoms with Crippen molar-refractivity contribution in [2.45, 2.75) is 43.7 Å². The van der Waals surface area contributed by atoms with Gasteiger partial charge in [0.15, 0.2) is 0 Å². The number of rotatable bonds is 3. The monoisotopic (exact) mass is 198 g/mol. The van der Waals surface area contributed by atoms with E-state index in [1.165, 1.54) is 25.8 Å². The molecule has 0 radical (unpaired) electrons. The van der Waals surface area contributed by atoms with Gasteiger partial charge in [0, 0.05) is 12.6 Å². The molecule has 2 rings (SSSR count). The number of β-amino-alcohol motifs (C(OH)–C–C–N with tert-alkyl or cyclic N) is 1. The van der Waals surface area contributed by atoms with E-state index in [9.17, 15) is 5.11 Å². The minimum Gasteiger partial charge on any atom is -0.389 e. The summed E-state index contributed by atoms with van der Waals surface area (Å²) in [5, 5.41) is 13.2. The van der Waals surface area contributed by atoms with Crippen LogP contribution in [-0.4, -0.2) is 48.3 Å². The smallest absolute Gasteiger partial charge is 0.0776 e. The summed E-state index contributed by atoms with van der Waals surface area (Å²) in [5.41, 5.74) is -0.306. The highest BCUT2D eigenvalue weighted by atomic mass is 16.3. The van der Waals surface area contributed by atoms with Crippen molar-refractivity contribution in [3.63, 3.8) is 0 Å². The largest absolute Gasteiger partial charge is 0.389 e. The van der Waals surface area contributed by atoms with Gasteiger partial charge in [-0.15, -0.1) is 0 Å². The molecule has 3 heteroatoms. The fourth-order valence-corrected chi connectivity index (χ4v) is 2.32. The van der Waals surface area contributed by atoms with Crippen LogP contribution in [-0.2, 0) is 0 Å². The first-order valence-corrected chi connectivity index (χ1v) is 5.84. The van der Waals surface area contributed by atoms with Crippen LogP contribution in [0.25, 0.3) is 0 Å². The van der Waals surface area contributed by atoms with E-state index in [1.807, 2.05) is 0 Å². The van der Waals surface area contributed by atoms with Crippen molar-refractivity contribution >= 4 is 0 Å². The molecule has 0 aromatic heterocycles. The zero-order valence-corrected chi connectivity index (χ0v) is 9.13. The summed E-state index contributed by atoms with van der Waals surface area (Å²) >= 11 is 0. The Hall–Kier alpha value is -0.120. The van der Waals surface area contributed by atoms with Crippen LogP contribution in [0.2, 0.25) is 0 Å². The topological polar surface area (TPSA) is 35.5 Å². The summed E-state index contributed by atoms with van der Waals surface area (Å²) in [5.74, 6) is 0. The Morgan fingerprint density at radius 3 is 2.79 bits per heavy atom. The molecule has 0 spiro atoms. The standard InChI is InChI=1S/C11H22N2O/c1-12-10-3-2-7-13(8-4-10)9-11(14)5-6-11/h10,12,14H,2-9H2,1H3. The van der Waals surface area contributed by atoms with Crippen molar-refractivity contribution in [3.05, 3.63) is 0 Å². The molecular weight excluding hydrogens is 176 g/mol. The lowest BCUT2D eigenvalue weighted by Gasteiger charge is -2.23. The zero-order valence-electron chi connectivity index (χ0n) is 9.13. The second-order valence-corrected chi connectivity index (χ2v) is 4.92. The van der Waals surface area contributed by atoms with Gasteiger partial charge >= 0.3 is 0 Å². The van der Waals surface area contributed by atoms with E-state index in [0.717, 1.165) is 25.9 Å². The van der Waals surface area contributed by atoms with Crippen LogP contribution >= 0.6 is 0 Å². The SMILES string of the molecule is CNC1CCCN(CC2(O)CC2)CC1. The highest BCUT2D eigenvalue weighted by molar-refractivity contribution is 4.96. The first kappa shape index (κ1) is 10.4. The first-order valence-electron chi connectivity index (χ1n) is 5.84. The van der Waals surface area contributed by atoms with Crippen molar-refractivity contribution in [2.24, 2.45) is 0 Å². The van der Waals surface area contributed by atoms with Gasteiger partial charge in [0.1, 0.15) is 0 Å². The van der Waals surface area contributed by atoms with Gasteiger partial charge in [-0.1, -0.05) is 0 Å². The lowest BCUT2D eigenvalue weighted by atomic mass is 10.1. The Morgan fingerprint density at radius 2 is 2.14 bits per heavy atom. The summed E-state index contributed by atoms with van der Waals surface area (Å²) in [6.07, 6.45) is 5.80. The van der Waals surface area contributed by atoms with Crippen molar-refractivity contribution in [2.75, 3.05) is 26.7 Å². The molecule has 14 heavy (non-hydrogen) atoms. The Bertz CT molecular complexity index is 192. The minimum absolute atomic E-state index is 0.306. The average Bonchev–Trinajstić information content (AvgIpc) is 2.91. The Kier molecular flexibility index (Phi) is 3.10. The molecule has 3 nitrogen and oxygen atoms in total. The molecule has 2 aliphatic rings. The fraction of sp³-hybridized carbons (Fsp3) is 1.00. The van der Waals surface area contributed by atoms with E-state index in [1.54, 1.807) is 0 Å². The predicted molar refractivity (Wildman–Crippen MR) is 57.3 cm³/mol. The van der Waals surface area contributed by atoms with Gasteiger partial charge in [0.05, 0.1) is 5.60 Å². The molecule has 1 aliphatic heterocycles. The normalized spacial score (nSPS) is 32.6. The van der Waals surface area contributed by atoms with Gasteiger partial charge in [-0.2, -0.15) is 0 Å². The van der Waals surface area contributed by atoms with Crippen LogP contribution in [0.3, 0.4) is 0 Å². The number of hydrogen-bond acceptors (Lipinski definition) is 3. The van der Waals surface area contributed by atoms with Gasteiger partial charge in [-0.25, -0.2) is 0 Å². The predicted octanol–water partition coefficient (Wildman–Crippen LogP) is 0.585. The summed E-state index contributed by atoms with van der Waals surface area (Å²) < 4.78 is 0. The number of aliphatic hydroxyl groups is 1. The maximum Gasteiger partial charge on any atom is 0.0776 e. The van der Waals surface area contributed by atoms with E-state index < -0.39 is 0 Å². The molecule has 0 bridgehead atoms. The third-order valence-electron chi connectivity index (χ3n) is 3.57. The van der Waals surface area contributed by atoms with Gasteiger partial charge in [0.2, 0.25) is 0 Å². The van der Waals surface area contributed by atoms with E-state index in [-0.39, 0.29) is 5.60 Å². The number of likely N-dealkylation sites (tertiary alicyclic amines) is 1. The summed E-state index contributed by atoms with van der Waals surface area (Å²) in [4.78, 5) is 2.43. The first-order chi connectivity index (χ1) is 6.72. The molecule has 82 valence electrons. The molecule has 1 heterocycles. The van der Waals surface area contributed by atoms with E-state index >= 15 is 0 Å². The highest BCUT2D eigenvalue weighted by Crippen LogP contribution is 2.36. The molecule has 1 unspecified atom stereocenters. The molecule has 0 amide bonds. The molecule has 2 N–H and O–H groups in total. The lowest BCUT2D eigenvalue weighted by Crippen LogP contribution is -2.35. The minimum atomic E-state index is -0.306. The van der Waals surface area contributed by atoms with E-state index in [4.69, 9.17) is 0 Å². The molecular formula is C11H22N2O. The van der Waals surface area contributed by atoms with Gasteiger partial charge in [-0.3, -0.25) is 0 Å². The van der Waals surface area contributed by atoms with E-state index in [2.05, 4.69) is 17.3 Å². The maximum atomic E-state index is 9.84. The van der Waals surface area contributed by atoms with Crippen molar-refractivity contribution in [1.29, 1.82) is 0 Å². The second-order valence-electron chi connectivity index (χ2n) is 4.92. The van der Waals surface area contributed by atoms with Gasteiger partial charge in [-0.05, 0) is 52.2 Å². The highest BCUT2D eigenvalue weighted by Gasteiger charge is 2.41. The van der Waals surface area contributed by atoms with Gasteiger partial charge < -0.3 is 15.3 Å². The van der Waals surface area contributed by atoms with Crippen LogP contribution in [0.15, 0.2) is 0 Å². The third-order valence-corrected chi connectivity index (χ3v) is 3.57. The number of nitrogens with one attached hydrogen (secondary N) is 1. The summed E-state index contributed by atoms with van der Waals surface area (Å²) in [7, 11) is 2.05.